The van der Waals surface area contributed by atoms with E-state index in [-0.39, 0.29) is 16.8 Å². The van der Waals surface area contributed by atoms with Gasteiger partial charge in [0.05, 0.1) is 19.1 Å². The lowest BCUT2D eigenvalue weighted by Crippen LogP contribution is -2.21. The summed E-state index contributed by atoms with van der Waals surface area (Å²) in [5.41, 5.74) is 2.02. The van der Waals surface area contributed by atoms with Crippen molar-refractivity contribution in [1.29, 1.82) is 0 Å². The first kappa shape index (κ1) is 47.8. The fraction of sp³-hybridized carbons (Fsp3) is 0.844. The zero-order valence-corrected chi connectivity index (χ0v) is 36.0. The van der Waals surface area contributed by atoms with Gasteiger partial charge in [0.15, 0.2) is 0 Å². The Labute approximate surface area is 317 Å². The van der Waals surface area contributed by atoms with Crippen molar-refractivity contribution < 1.29 is 22.8 Å². The molecule has 0 aliphatic carbocycles. The molecule has 1 rings (SSSR count). The van der Waals surface area contributed by atoms with Gasteiger partial charge >= 0.3 is 14.7 Å². The van der Waals surface area contributed by atoms with Gasteiger partial charge in [-0.2, -0.15) is 0 Å². The Morgan fingerprint density at radius 2 is 0.922 bits per heavy atom. The Balaban J connectivity index is 2.54. The van der Waals surface area contributed by atoms with Crippen LogP contribution in [0.25, 0.3) is 0 Å². The second kappa shape index (κ2) is 28.3. The summed E-state index contributed by atoms with van der Waals surface area (Å²) < 4.78 is 32.6. The quantitative estimate of drug-likeness (QED) is 0.0432. The van der Waals surface area contributed by atoms with Gasteiger partial charge in [-0.15, -0.1) is 4.20 Å². The van der Waals surface area contributed by atoms with E-state index < -0.39 is 14.6 Å². The van der Waals surface area contributed by atoms with Crippen LogP contribution in [0.15, 0.2) is 12.1 Å². The minimum Gasteiger partial charge on any atom is -0.465 e. The fourth-order valence-corrected chi connectivity index (χ4v) is 7.33. The summed E-state index contributed by atoms with van der Waals surface area (Å²) in [4.78, 5) is 13.2. The molecule has 298 valence electrons. The molecule has 0 bridgehead atoms. The fourth-order valence-electron chi connectivity index (χ4n) is 6.67. The number of carbonyl (C=O) groups is 1. The number of unbranched alkanes of at least 4 members (excludes halogenated alkanes) is 22. The molecule has 2 atom stereocenters. The summed E-state index contributed by atoms with van der Waals surface area (Å²) in [5, 5.41) is 0. The van der Waals surface area contributed by atoms with Crippen molar-refractivity contribution in [2.45, 2.75) is 233 Å². The first-order chi connectivity index (χ1) is 24.3. The molecule has 0 aromatic heterocycles. The highest BCUT2D eigenvalue weighted by molar-refractivity contribution is 7.41. The van der Waals surface area contributed by atoms with Crippen LogP contribution in [0.5, 0.6) is 5.75 Å². The minimum atomic E-state index is -2.57. The summed E-state index contributed by atoms with van der Waals surface area (Å²) in [5.74, 6) is -0.0739. The summed E-state index contributed by atoms with van der Waals surface area (Å²) in [6.07, 6.45) is 30.6. The molecule has 1 aromatic rings. The molecule has 0 aliphatic rings. The molecule has 0 fully saturated rings. The summed E-state index contributed by atoms with van der Waals surface area (Å²) in [6.45, 7) is 19.9. The van der Waals surface area contributed by atoms with E-state index in [1.165, 1.54) is 128 Å². The number of benzene rings is 1. The molecule has 0 saturated heterocycles. The molecule has 2 unspecified atom stereocenters. The third kappa shape index (κ3) is 22.6. The molecule has 4 nitrogen and oxygen atoms in total. The van der Waals surface area contributed by atoms with Gasteiger partial charge in [0, 0.05) is 11.1 Å². The molecular weight excluding hydrogens is 654 g/mol. The second-order valence-electron chi connectivity index (χ2n) is 17.2. The Kier molecular flexibility index (Phi) is 26.5. The Morgan fingerprint density at radius 3 is 1.27 bits per heavy atom. The predicted octanol–water partition coefficient (Wildman–Crippen LogP) is 15.9. The lowest BCUT2D eigenvalue weighted by molar-refractivity contribution is -0.145. The third-order valence-corrected chi connectivity index (χ3v) is 10.9. The summed E-state index contributed by atoms with van der Waals surface area (Å²) >= 11 is 0. The zero-order valence-electron chi connectivity index (χ0n) is 35.1. The predicted molar refractivity (Wildman–Crippen MR) is 220 cm³/mol. The molecule has 0 spiro atoms. The molecule has 0 radical (unpaired) electrons. The SMILES string of the molecule is CCCCCCCCCCCCCCCCCCOC(=O)C(C)c1cc(C(C)(C)C)c(OP(F)OCCCCCCCCCC)c(C(C)(C)C)c1. The van der Waals surface area contributed by atoms with E-state index in [0.29, 0.717) is 19.0 Å². The van der Waals surface area contributed by atoms with Crippen LogP contribution in [0.2, 0.25) is 0 Å². The van der Waals surface area contributed by atoms with E-state index >= 15 is 4.20 Å². The minimum absolute atomic E-state index is 0.203. The Bertz CT molecular complexity index is 979. The van der Waals surface area contributed by atoms with Crippen LogP contribution in [0, 0.1) is 0 Å². The average Bonchev–Trinajstić information content (AvgIpc) is 3.07. The molecular formula is C45H82FO4P. The molecule has 0 saturated carbocycles. The van der Waals surface area contributed by atoms with E-state index in [1.54, 1.807) is 0 Å². The van der Waals surface area contributed by atoms with E-state index in [2.05, 4.69) is 55.4 Å². The average molecular weight is 737 g/mol. The Hall–Kier alpha value is -1.19. The van der Waals surface area contributed by atoms with Gasteiger partial charge in [0.1, 0.15) is 5.75 Å². The highest BCUT2D eigenvalue weighted by atomic mass is 31.2. The smallest absolute Gasteiger partial charge is 0.439 e. The van der Waals surface area contributed by atoms with Crippen LogP contribution in [-0.2, 0) is 24.9 Å². The van der Waals surface area contributed by atoms with Crippen LogP contribution in [0.1, 0.15) is 239 Å². The standard InChI is InChI=1S/C45H82FO4P/c1-10-12-14-16-18-20-21-22-23-24-25-26-27-28-30-32-34-48-43(47)38(3)39-36-40(44(4,5)6)42(41(37-39)45(7,8)9)50-51(46)49-35-33-31-29-19-17-15-13-11-2/h36-38H,10-35H2,1-9H3. The van der Waals surface area contributed by atoms with E-state index in [0.717, 1.165) is 42.4 Å². The second-order valence-corrected chi connectivity index (χ2v) is 18.1. The summed E-state index contributed by atoms with van der Waals surface area (Å²) in [6, 6.07) is 4.04. The molecule has 6 heteroatoms. The van der Waals surface area contributed by atoms with Gasteiger partial charge in [-0.3, -0.25) is 9.32 Å². The maximum Gasteiger partial charge on any atom is 0.439 e. The number of hydrogen-bond donors (Lipinski definition) is 0. The van der Waals surface area contributed by atoms with Crippen molar-refractivity contribution >= 4 is 14.7 Å². The largest absolute Gasteiger partial charge is 0.465 e. The maximum atomic E-state index is 15.3. The van der Waals surface area contributed by atoms with Gasteiger partial charge in [-0.05, 0) is 36.2 Å². The third-order valence-electron chi connectivity index (χ3n) is 10.2. The first-order valence-corrected chi connectivity index (χ1v) is 22.5. The van der Waals surface area contributed by atoms with Gasteiger partial charge in [0.25, 0.3) is 0 Å². The molecule has 0 N–H and O–H groups in total. The molecule has 1 aromatic carbocycles. The highest BCUT2D eigenvalue weighted by Crippen LogP contribution is 2.49. The van der Waals surface area contributed by atoms with Crippen molar-refractivity contribution in [2.75, 3.05) is 13.2 Å². The van der Waals surface area contributed by atoms with Crippen LogP contribution in [0.4, 0.5) is 4.20 Å². The first-order valence-electron chi connectivity index (χ1n) is 21.4. The van der Waals surface area contributed by atoms with Gasteiger partial charge in [-0.1, -0.05) is 209 Å². The number of ether oxygens (including phenoxy) is 1. The van der Waals surface area contributed by atoms with Crippen LogP contribution < -0.4 is 4.52 Å². The van der Waals surface area contributed by atoms with Gasteiger partial charge in [-0.25, -0.2) is 0 Å². The number of rotatable bonds is 31. The van der Waals surface area contributed by atoms with Gasteiger partial charge < -0.3 is 9.26 Å². The molecule has 51 heavy (non-hydrogen) atoms. The summed E-state index contributed by atoms with van der Waals surface area (Å²) in [7, 11) is -2.57. The van der Waals surface area contributed by atoms with E-state index in [4.69, 9.17) is 13.8 Å². The highest BCUT2D eigenvalue weighted by Gasteiger charge is 2.32. The maximum absolute atomic E-state index is 15.3. The zero-order chi connectivity index (χ0) is 38.0. The lowest BCUT2D eigenvalue weighted by atomic mass is 9.77. The van der Waals surface area contributed by atoms with Crippen molar-refractivity contribution in [3.8, 4) is 5.75 Å². The topological polar surface area (TPSA) is 44.8 Å². The van der Waals surface area contributed by atoms with Crippen molar-refractivity contribution in [3.63, 3.8) is 0 Å². The molecule has 0 heterocycles. The van der Waals surface area contributed by atoms with Gasteiger partial charge in [0.2, 0.25) is 0 Å². The Morgan fingerprint density at radius 1 is 0.588 bits per heavy atom. The number of carbonyl (C=O) groups excluding carboxylic acids is 1. The normalized spacial score (nSPS) is 13.4. The van der Waals surface area contributed by atoms with Crippen LogP contribution >= 0.6 is 8.69 Å². The van der Waals surface area contributed by atoms with Crippen molar-refractivity contribution in [2.24, 2.45) is 0 Å². The van der Waals surface area contributed by atoms with Crippen molar-refractivity contribution in [3.05, 3.63) is 28.8 Å². The monoisotopic (exact) mass is 737 g/mol. The van der Waals surface area contributed by atoms with Crippen LogP contribution in [0.3, 0.4) is 0 Å². The number of esters is 1. The van der Waals surface area contributed by atoms with Crippen LogP contribution in [-0.4, -0.2) is 19.2 Å². The number of hydrogen-bond acceptors (Lipinski definition) is 4. The van der Waals surface area contributed by atoms with Crippen molar-refractivity contribution in [1.82, 2.24) is 0 Å². The number of halogens is 1. The molecule has 0 amide bonds. The van der Waals surface area contributed by atoms with E-state index in [1.807, 2.05) is 19.1 Å². The lowest BCUT2D eigenvalue weighted by Gasteiger charge is -2.31. The van der Waals surface area contributed by atoms with E-state index in [9.17, 15) is 4.79 Å². The molecule has 0 aliphatic heterocycles.